The summed E-state index contributed by atoms with van der Waals surface area (Å²) in [6.07, 6.45) is -6.51. The molecule has 2 saturated heterocycles. The van der Waals surface area contributed by atoms with E-state index in [-0.39, 0.29) is 6.61 Å². The topological polar surface area (TPSA) is 247 Å². The number of carbonyl (C=O) groups excluding carboxylic acids is 7. The number of carbonyl (C=O) groups is 7. The molecule has 5 amide bonds. The molecule has 3 heterocycles. The molecule has 0 radical (unpaired) electrons. The molecular formula is C34H53N7O13. The van der Waals surface area contributed by atoms with Crippen molar-refractivity contribution in [1.82, 2.24) is 20.0 Å². The van der Waals surface area contributed by atoms with Crippen LogP contribution in [-0.2, 0) is 38.0 Å². The lowest BCUT2D eigenvalue weighted by Gasteiger charge is -2.53. The van der Waals surface area contributed by atoms with Crippen LogP contribution in [0.25, 0.3) is 0 Å². The highest BCUT2D eigenvalue weighted by Crippen LogP contribution is 2.48. The number of ketones is 1. The van der Waals surface area contributed by atoms with Gasteiger partial charge in [0.15, 0.2) is 5.78 Å². The summed E-state index contributed by atoms with van der Waals surface area (Å²) < 4.78 is 32.7. The van der Waals surface area contributed by atoms with Crippen LogP contribution >= 0.6 is 0 Å². The Balaban J connectivity index is 2.51. The smallest absolute Gasteiger partial charge is 0.437 e. The zero-order valence-electron chi connectivity index (χ0n) is 33.2. The van der Waals surface area contributed by atoms with Crippen molar-refractivity contribution in [3.8, 4) is 0 Å². The minimum atomic E-state index is -2.45. The second-order valence-corrected chi connectivity index (χ2v) is 16.7. The fourth-order valence-electron chi connectivity index (χ4n) is 5.93. The van der Waals surface area contributed by atoms with Crippen LogP contribution in [0.5, 0.6) is 0 Å². The molecule has 0 aromatic carbocycles. The SMILES string of the molecule is CCOC(=O)CC1CN2/C(=N\C(=O)OC(C)(C)C)N(C(=O)OC(C)(C)C)[C@@H](COC(N)=O)[C@@H]3N=C(NC(=O)OC(C)(C)C)N(C(=O)OC(C)(C)C)[C@@]32C1=O. The zero-order chi connectivity index (χ0) is 41.4. The van der Waals surface area contributed by atoms with Gasteiger partial charge in [0.25, 0.3) is 0 Å². The summed E-state index contributed by atoms with van der Waals surface area (Å²) in [4.78, 5) is 107. The van der Waals surface area contributed by atoms with Gasteiger partial charge in [-0.3, -0.25) is 14.9 Å². The molecule has 1 spiro atoms. The van der Waals surface area contributed by atoms with Gasteiger partial charge in [0.1, 0.15) is 41.1 Å². The first kappa shape index (κ1) is 43.2. The number of nitrogens with one attached hydrogen (secondary N) is 1. The molecule has 20 nitrogen and oxygen atoms in total. The number of guanidine groups is 2. The molecular weight excluding hydrogens is 714 g/mol. The third-order valence-electron chi connectivity index (χ3n) is 7.41. The van der Waals surface area contributed by atoms with E-state index in [9.17, 15) is 28.8 Å². The second kappa shape index (κ2) is 15.3. The van der Waals surface area contributed by atoms with E-state index in [2.05, 4.69) is 15.3 Å². The van der Waals surface area contributed by atoms with Crippen LogP contribution in [-0.4, -0.2) is 129 Å². The van der Waals surface area contributed by atoms with Crippen LogP contribution in [0.4, 0.5) is 24.0 Å². The Morgan fingerprint density at radius 2 is 1.37 bits per heavy atom. The average molecular weight is 768 g/mol. The van der Waals surface area contributed by atoms with Crippen LogP contribution in [0, 0.1) is 5.92 Å². The van der Waals surface area contributed by atoms with Crippen molar-refractivity contribution in [2.45, 2.75) is 137 Å². The number of aliphatic imine (C=N–C) groups is 2. The highest BCUT2D eigenvalue weighted by molar-refractivity contribution is 6.14. The van der Waals surface area contributed by atoms with E-state index < -0.39 is 120 Å². The molecule has 3 rings (SSSR count). The Hall–Kier alpha value is -5.17. The predicted octanol–water partition coefficient (Wildman–Crippen LogP) is 3.64. The lowest BCUT2D eigenvalue weighted by molar-refractivity contribution is -0.147. The monoisotopic (exact) mass is 767 g/mol. The molecule has 0 saturated carbocycles. The van der Waals surface area contributed by atoms with E-state index in [0.717, 1.165) is 14.7 Å². The molecule has 2 fully saturated rings. The van der Waals surface area contributed by atoms with Gasteiger partial charge in [-0.15, -0.1) is 4.99 Å². The maximum atomic E-state index is 15.1. The molecule has 0 aliphatic carbocycles. The molecule has 3 aliphatic rings. The van der Waals surface area contributed by atoms with Crippen molar-refractivity contribution < 1.29 is 62.0 Å². The minimum absolute atomic E-state index is 0.0152. The number of nitrogens with zero attached hydrogens (tertiary/aromatic N) is 5. The molecule has 20 heteroatoms. The van der Waals surface area contributed by atoms with Crippen LogP contribution in [0.1, 0.15) is 96.4 Å². The first-order chi connectivity index (χ1) is 24.5. The molecule has 54 heavy (non-hydrogen) atoms. The third-order valence-corrected chi connectivity index (χ3v) is 7.41. The fourth-order valence-corrected chi connectivity index (χ4v) is 5.93. The molecule has 0 aromatic rings. The van der Waals surface area contributed by atoms with Crippen molar-refractivity contribution >= 4 is 54.1 Å². The van der Waals surface area contributed by atoms with Gasteiger partial charge in [0, 0.05) is 6.54 Å². The van der Waals surface area contributed by atoms with Crippen molar-refractivity contribution in [2.24, 2.45) is 21.6 Å². The van der Waals surface area contributed by atoms with E-state index in [1.54, 1.807) is 90.0 Å². The van der Waals surface area contributed by atoms with Crippen molar-refractivity contribution in [3.63, 3.8) is 0 Å². The van der Waals surface area contributed by atoms with Crippen LogP contribution < -0.4 is 11.1 Å². The van der Waals surface area contributed by atoms with Gasteiger partial charge in [-0.05, 0) is 90.0 Å². The fraction of sp³-hybridized carbons (Fsp3) is 0.735. The Kier molecular flexibility index (Phi) is 12.2. The van der Waals surface area contributed by atoms with Gasteiger partial charge in [-0.25, -0.2) is 38.8 Å². The number of nitrogens with two attached hydrogens (primary N) is 1. The van der Waals surface area contributed by atoms with Gasteiger partial charge < -0.3 is 39.1 Å². The maximum Gasteiger partial charge on any atom is 0.437 e. The Bertz CT molecular complexity index is 1600. The lowest BCUT2D eigenvalue weighted by Crippen LogP contribution is -2.79. The number of Topliss-reactive ketones (excluding diaryl/α,β-unsaturated/α-hetero) is 1. The van der Waals surface area contributed by atoms with E-state index in [4.69, 9.17) is 34.2 Å². The number of ether oxygens (including phenoxy) is 6. The third kappa shape index (κ3) is 10.1. The molecule has 4 atom stereocenters. The Morgan fingerprint density at radius 1 is 0.833 bits per heavy atom. The van der Waals surface area contributed by atoms with Gasteiger partial charge in [-0.1, -0.05) is 0 Å². The van der Waals surface area contributed by atoms with E-state index in [0.29, 0.717) is 0 Å². The first-order valence-corrected chi connectivity index (χ1v) is 17.4. The van der Waals surface area contributed by atoms with E-state index in [1.807, 2.05) is 0 Å². The highest BCUT2D eigenvalue weighted by Gasteiger charge is 2.74. The molecule has 302 valence electrons. The summed E-state index contributed by atoms with van der Waals surface area (Å²) in [5.74, 6) is -4.10. The van der Waals surface area contributed by atoms with Crippen molar-refractivity contribution in [2.75, 3.05) is 19.8 Å². The quantitative estimate of drug-likeness (QED) is 0.300. The van der Waals surface area contributed by atoms with E-state index in [1.165, 1.54) is 0 Å². The predicted molar refractivity (Wildman–Crippen MR) is 189 cm³/mol. The number of rotatable bonds is 5. The highest BCUT2D eigenvalue weighted by atomic mass is 16.6. The van der Waals surface area contributed by atoms with Crippen LogP contribution in [0.2, 0.25) is 0 Å². The van der Waals surface area contributed by atoms with Gasteiger partial charge in [-0.2, -0.15) is 0 Å². The summed E-state index contributed by atoms with van der Waals surface area (Å²) in [6.45, 7) is 19.1. The summed E-state index contributed by atoms with van der Waals surface area (Å²) in [5, 5.41) is 2.41. The minimum Gasteiger partial charge on any atom is -0.466 e. The number of hydrogen-bond donors (Lipinski definition) is 2. The number of primary amides is 1. The lowest BCUT2D eigenvalue weighted by atomic mass is 9.84. The summed E-state index contributed by atoms with van der Waals surface area (Å²) in [7, 11) is 0. The molecule has 3 N–H and O–H groups in total. The Labute approximate surface area is 314 Å². The Morgan fingerprint density at radius 3 is 1.87 bits per heavy atom. The number of hydrogen-bond acceptors (Lipinski definition) is 14. The van der Waals surface area contributed by atoms with Crippen molar-refractivity contribution in [3.05, 3.63) is 0 Å². The molecule has 3 aliphatic heterocycles. The first-order valence-electron chi connectivity index (χ1n) is 17.4. The normalized spacial score (nSPS) is 23.5. The molecule has 1 unspecified atom stereocenters. The average Bonchev–Trinajstić information content (AvgIpc) is 3.41. The van der Waals surface area contributed by atoms with Crippen LogP contribution in [0.15, 0.2) is 9.98 Å². The maximum absolute atomic E-state index is 15.1. The van der Waals surface area contributed by atoms with Gasteiger partial charge in [0.05, 0.1) is 18.9 Å². The summed E-state index contributed by atoms with van der Waals surface area (Å²) >= 11 is 0. The zero-order valence-corrected chi connectivity index (χ0v) is 33.2. The molecule has 0 bridgehead atoms. The standard InChI is InChI=1S/C34H53N7O13/c1-14-49-20(42)15-18-16-39-25(38-27(46)52-31(5,6)7)40(28(47)53-32(8,9)10)19(17-50-23(35)44)21-34(39,22(18)43)41(29(48)54-33(11,12)13)24(36-21)37-26(45)51-30(2,3)4/h18-19,21H,14-17H2,1-13H3,(H2,35,44)(H,36,37,45)/b38-25+/t18?,19-,21-,34+/m0/s1. The second-order valence-electron chi connectivity index (χ2n) is 16.7. The largest absolute Gasteiger partial charge is 0.466 e. The van der Waals surface area contributed by atoms with E-state index >= 15 is 4.79 Å². The van der Waals surface area contributed by atoms with Gasteiger partial charge in [0.2, 0.25) is 17.6 Å². The number of alkyl carbamates (subject to hydrolysis) is 1. The number of amides is 5. The van der Waals surface area contributed by atoms with Crippen LogP contribution in [0.3, 0.4) is 0 Å². The summed E-state index contributed by atoms with van der Waals surface area (Å²) in [5.41, 5.74) is -1.57. The number of esters is 1. The van der Waals surface area contributed by atoms with Gasteiger partial charge >= 0.3 is 36.4 Å². The summed E-state index contributed by atoms with van der Waals surface area (Å²) in [6, 6.07) is -3.29. The molecule has 0 aromatic heterocycles. The van der Waals surface area contributed by atoms with Crippen molar-refractivity contribution in [1.29, 1.82) is 0 Å².